The minimum Gasteiger partial charge on any atom is -0.462 e. The Morgan fingerprint density at radius 2 is 1.43 bits per heavy atom. The average molecular weight is 385 g/mol. The number of esters is 1. The summed E-state index contributed by atoms with van der Waals surface area (Å²) in [5, 5.41) is 0. The van der Waals surface area contributed by atoms with Crippen molar-refractivity contribution in [2.75, 3.05) is 6.61 Å². The first-order valence-corrected chi connectivity index (χ1v) is 12.0. The second kappa shape index (κ2) is 11.0. The molecule has 1 aromatic carbocycles. The van der Waals surface area contributed by atoms with Gasteiger partial charge in [-0.15, -0.1) is 0 Å². The zero-order valence-electron chi connectivity index (χ0n) is 18.1. The van der Waals surface area contributed by atoms with Crippen LogP contribution in [0.3, 0.4) is 0 Å². The third kappa shape index (κ3) is 6.09. The lowest BCUT2D eigenvalue weighted by atomic mass is 9.68. The minimum absolute atomic E-state index is 0.195. The summed E-state index contributed by atoms with van der Waals surface area (Å²) in [6, 6.07) is 8.08. The quantitative estimate of drug-likeness (QED) is 0.443. The van der Waals surface area contributed by atoms with Crippen LogP contribution in [0.4, 0.5) is 0 Å². The summed E-state index contributed by atoms with van der Waals surface area (Å²) in [6.45, 7) is 4.88. The fourth-order valence-corrected chi connectivity index (χ4v) is 5.47. The maximum atomic E-state index is 11.9. The highest BCUT2D eigenvalue weighted by atomic mass is 16.5. The van der Waals surface area contributed by atoms with Crippen molar-refractivity contribution in [3.05, 3.63) is 35.4 Å². The van der Waals surface area contributed by atoms with Gasteiger partial charge in [-0.25, -0.2) is 4.79 Å². The molecule has 1 aromatic rings. The molecule has 3 rings (SSSR count). The fraction of sp³-hybridized carbons (Fsp3) is 0.731. The van der Waals surface area contributed by atoms with Crippen molar-refractivity contribution in [3.63, 3.8) is 0 Å². The molecule has 0 bridgehead atoms. The highest BCUT2D eigenvalue weighted by molar-refractivity contribution is 5.89. The Labute approximate surface area is 172 Å². The lowest BCUT2D eigenvalue weighted by Gasteiger charge is -2.37. The van der Waals surface area contributed by atoms with Gasteiger partial charge >= 0.3 is 5.97 Å². The van der Waals surface area contributed by atoms with Crippen molar-refractivity contribution >= 4 is 5.97 Å². The second-order valence-corrected chi connectivity index (χ2v) is 9.34. The first-order chi connectivity index (χ1) is 13.7. The molecular weight excluding hydrogens is 344 g/mol. The van der Waals surface area contributed by atoms with E-state index in [9.17, 15) is 4.79 Å². The summed E-state index contributed by atoms with van der Waals surface area (Å²) >= 11 is 0. The molecule has 0 saturated heterocycles. The molecule has 0 atom stereocenters. The first kappa shape index (κ1) is 21.4. The van der Waals surface area contributed by atoms with E-state index in [0.717, 1.165) is 36.5 Å². The minimum atomic E-state index is -0.195. The van der Waals surface area contributed by atoms with E-state index in [4.69, 9.17) is 4.74 Å². The topological polar surface area (TPSA) is 26.3 Å². The van der Waals surface area contributed by atoms with Gasteiger partial charge in [-0.2, -0.15) is 0 Å². The monoisotopic (exact) mass is 384 g/mol. The van der Waals surface area contributed by atoms with Gasteiger partial charge in [0.2, 0.25) is 0 Å². The fourth-order valence-electron chi connectivity index (χ4n) is 5.47. The lowest BCUT2D eigenvalue weighted by Crippen LogP contribution is -2.25. The summed E-state index contributed by atoms with van der Waals surface area (Å²) in [7, 11) is 0. The number of carbonyl (C=O) groups excluding carboxylic acids is 1. The molecule has 0 unspecified atom stereocenters. The number of aryl methyl sites for hydroxylation is 1. The Morgan fingerprint density at radius 3 is 1.96 bits per heavy atom. The zero-order chi connectivity index (χ0) is 19.8. The maximum absolute atomic E-state index is 11.9. The SMILES string of the molecule is CCCOC(=O)c1ccc(CCC2CCC(C3CCC(CC)CC3)CC2)cc1. The molecule has 2 aliphatic rings. The number of ether oxygens (including phenoxy) is 1. The Balaban J connectivity index is 1.37. The van der Waals surface area contributed by atoms with Crippen LogP contribution in [0, 0.1) is 23.7 Å². The van der Waals surface area contributed by atoms with Gasteiger partial charge in [0, 0.05) is 0 Å². The number of carbonyl (C=O) groups is 1. The van der Waals surface area contributed by atoms with Crippen LogP contribution in [0.25, 0.3) is 0 Å². The van der Waals surface area contributed by atoms with Gasteiger partial charge in [0.05, 0.1) is 12.2 Å². The van der Waals surface area contributed by atoms with Crippen molar-refractivity contribution in [1.29, 1.82) is 0 Å². The van der Waals surface area contributed by atoms with E-state index in [2.05, 4.69) is 19.1 Å². The van der Waals surface area contributed by atoms with Crippen LogP contribution in [0.1, 0.15) is 100 Å². The third-order valence-electron chi connectivity index (χ3n) is 7.50. The molecule has 156 valence electrons. The third-order valence-corrected chi connectivity index (χ3v) is 7.50. The van der Waals surface area contributed by atoms with E-state index in [-0.39, 0.29) is 5.97 Å². The summed E-state index contributed by atoms with van der Waals surface area (Å²) in [5.74, 6) is 3.77. The van der Waals surface area contributed by atoms with Gasteiger partial charge in [0.25, 0.3) is 0 Å². The van der Waals surface area contributed by atoms with Crippen LogP contribution in [0.2, 0.25) is 0 Å². The molecule has 0 N–H and O–H groups in total. The standard InChI is InChI=1S/C26H40O2/c1-3-19-28-26(27)25-17-11-22(12-18-25)6-5-21-9-15-24(16-10-21)23-13-7-20(4-2)8-14-23/h11-12,17-18,20-21,23-24H,3-10,13-16,19H2,1-2H3. The Bertz CT molecular complexity index is 575. The molecular formula is C26H40O2. The molecule has 2 aliphatic carbocycles. The largest absolute Gasteiger partial charge is 0.462 e. The molecule has 2 saturated carbocycles. The predicted molar refractivity (Wildman–Crippen MR) is 117 cm³/mol. The molecule has 0 aliphatic heterocycles. The normalized spacial score (nSPS) is 28.1. The highest BCUT2D eigenvalue weighted by Gasteiger charge is 2.30. The first-order valence-electron chi connectivity index (χ1n) is 12.0. The van der Waals surface area contributed by atoms with Crippen molar-refractivity contribution in [3.8, 4) is 0 Å². The average Bonchev–Trinajstić information content (AvgIpc) is 2.77. The summed E-state index contributed by atoms with van der Waals surface area (Å²) in [5.41, 5.74) is 2.03. The summed E-state index contributed by atoms with van der Waals surface area (Å²) in [6.07, 6.45) is 16.5. The zero-order valence-corrected chi connectivity index (χ0v) is 18.1. The van der Waals surface area contributed by atoms with E-state index >= 15 is 0 Å². The van der Waals surface area contributed by atoms with E-state index in [1.165, 1.54) is 69.8 Å². The maximum Gasteiger partial charge on any atom is 0.338 e. The summed E-state index contributed by atoms with van der Waals surface area (Å²) < 4.78 is 5.21. The summed E-state index contributed by atoms with van der Waals surface area (Å²) in [4.78, 5) is 11.9. The van der Waals surface area contributed by atoms with Gasteiger partial charge in [-0.3, -0.25) is 0 Å². The molecule has 0 aromatic heterocycles. The molecule has 0 radical (unpaired) electrons. The van der Waals surface area contributed by atoms with Gasteiger partial charge in [-0.05, 0) is 86.3 Å². The van der Waals surface area contributed by atoms with Crippen LogP contribution >= 0.6 is 0 Å². The number of benzene rings is 1. The number of hydrogen-bond acceptors (Lipinski definition) is 2. The van der Waals surface area contributed by atoms with Crippen molar-refractivity contribution in [1.82, 2.24) is 0 Å². The number of hydrogen-bond donors (Lipinski definition) is 0. The molecule has 0 spiro atoms. The second-order valence-electron chi connectivity index (χ2n) is 9.34. The Kier molecular flexibility index (Phi) is 8.43. The van der Waals surface area contributed by atoms with E-state index in [1.54, 1.807) is 0 Å². The van der Waals surface area contributed by atoms with Gasteiger partial charge in [-0.1, -0.05) is 58.1 Å². The lowest BCUT2D eigenvalue weighted by molar-refractivity contribution is 0.0505. The Hall–Kier alpha value is -1.31. The van der Waals surface area contributed by atoms with Crippen molar-refractivity contribution in [2.45, 2.75) is 90.9 Å². The van der Waals surface area contributed by atoms with Gasteiger partial charge < -0.3 is 4.74 Å². The molecule has 2 heteroatoms. The van der Waals surface area contributed by atoms with E-state index < -0.39 is 0 Å². The number of rotatable bonds is 8. The van der Waals surface area contributed by atoms with Gasteiger partial charge in [0.1, 0.15) is 0 Å². The van der Waals surface area contributed by atoms with Crippen LogP contribution in [0.5, 0.6) is 0 Å². The van der Waals surface area contributed by atoms with Crippen molar-refractivity contribution < 1.29 is 9.53 Å². The van der Waals surface area contributed by atoms with Crippen LogP contribution < -0.4 is 0 Å². The van der Waals surface area contributed by atoms with E-state index in [1.807, 2.05) is 19.1 Å². The van der Waals surface area contributed by atoms with Gasteiger partial charge in [0.15, 0.2) is 0 Å². The smallest absolute Gasteiger partial charge is 0.338 e. The highest BCUT2D eigenvalue weighted by Crippen LogP contribution is 2.42. The molecule has 0 heterocycles. The van der Waals surface area contributed by atoms with Crippen LogP contribution in [-0.2, 0) is 11.2 Å². The van der Waals surface area contributed by atoms with Crippen molar-refractivity contribution in [2.24, 2.45) is 23.7 Å². The predicted octanol–water partition coefficient (Wildman–Crippen LogP) is 7.21. The molecule has 28 heavy (non-hydrogen) atoms. The Morgan fingerprint density at radius 1 is 0.857 bits per heavy atom. The van der Waals surface area contributed by atoms with Crippen LogP contribution in [0.15, 0.2) is 24.3 Å². The molecule has 0 amide bonds. The molecule has 2 fully saturated rings. The van der Waals surface area contributed by atoms with E-state index in [0.29, 0.717) is 12.2 Å². The molecule has 2 nitrogen and oxygen atoms in total. The van der Waals surface area contributed by atoms with Crippen LogP contribution in [-0.4, -0.2) is 12.6 Å².